The van der Waals surface area contributed by atoms with Crippen LogP contribution in [-0.2, 0) is 5.41 Å². The van der Waals surface area contributed by atoms with Gasteiger partial charge in [-0.15, -0.1) is 0 Å². The van der Waals surface area contributed by atoms with E-state index in [1.54, 1.807) is 0 Å². The highest BCUT2D eigenvalue weighted by Crippen LogP contribution is 2.57. The van der Waals surface area contributed by atoms with Crippen LogP contribution in [0, 0.1) is 0 Å². The molecule has 11 aromatic rings. The highest BCUT2D eigenvalue weighted by Gasteiger charge is 2.40. The molecule has 0 nitrogen and oxygen atoms in total. The van der Waals surface area contributed by atoms with Crippen molar-refractivity contribution < 1.29 is 0 Å². The molecular weight excluding hydrogens is 685 g/mol. The third-order valence-electron chi connectivity index (χ3n) is 13.0. The summed E-state index contributed by atoms with van der Waals surface area (Å²) in [5, 5.41) is 15.6. The molecule has 12 rings (SSSR count). The molecule has 1 aliphatic rings. The van der Waals surface area contributed by atoms with Crippen LogP contribution >= 0.6 is 0 Å². The zero-order valence-corrected chi connectivity index (χ0v) is 32.0. The Morgan fingerprint density at radius 3 is 1.28 bits per heavy atom. The highest BCUT2D eigenvalue weighted by molar-refractivity contribution is 6.23. The first kappa shape index (κ1) is 32.2. The third kappa shape index (κ3) is 4.56. The Hall–Kier alpha value is -7.02. The van der Waals surface area contributed by atoms with Crippen molar-refractivity contribution in [1.82, 2.24) is 0 Å². The van der Waals surface area contributed by atoms with Gasteiger partial charge in [-0.05, 0) is 132 Å². The number of rotatable bonds is 3. The summed E-state index contributed by atoms with van der Waals surface area (Å²) in [7, 11) is 0. The predicted molar refractivity (Wildman–Crippen MR) is 245 cm³/mol. The van der Waals surface area contributed by atoms with Gasteiger partial charge in [0.05, 0.1) is 0 Å². The lowest BCUT2D eigenvalue weighted by atomic mass is 9.78. The Morgan fingerprint density at radius 2 is 0.684 bits per heavy atom. The number of hydrogen-bond donors (Lipinski definition) is 0. The molecule has 0 heteroatoms. The maximum Gasteiger partial charge on any atom is 0.0165 e. The summed E-state index contributed by atoms with van der Waals surface area (Å²) in [6.07, 6.45) is 0. The second kappa shape index (κ2) is 12.0. The van der Waals surface area contributed by atoms with Gasteiger partial charge in [0, 0.05) is 5.41 Å². The smallest absolute Gasteiger partial charge is 0.0165 e. The number of hydrogen-bond acceptors (Lipinski definition) is 0. The summed E-state index contributed by atoms with van der Waals surface area (Å²) < 4.78 is 0. The standard InChI is InChI=1S/C57H38/c1-57(2)51-34-50(42-19-6-8-20-43(42)54(51)55-44-21-9-5-17-40(44)41-18-7-14-26-49(41)56(55)57)36-28-30-37(31-29-36)52-45-22-10-12-24-47(45)53(48-25-13-11-23-46(48)52)39-32-27-35-15-3-4-16-38(35)33-39/h3-34H,1-2H3. The molecule has 0 amide bonds. The van der Waals surface area contributed by atoms with E-state index in [4.69, 9.17) is 0 Å². The molecular formula is C57H38. The molecule has 0 aromatic heterocycles. The first-order valence-electron chi connectivity index (χ1n) is 20.1. The predicted octanol–water partition coefficient (Wildman–Crippen LogP) is 15.9. The van der Waals surface area contributed by atoms with E-state index >= 15 is 0 Å². The second-order valence-electron chi connectivity index (χ2n) is 16.3. The lowest BCUT2D eigenvalue weighted by Gasteiger charge is -2.25. The van der Waals surface area contributed by atoms with Crippen molar-refractivity contribution in [2.75, 3.05) is 0 Å². The molecule has 0 unspecified atom stereocenters. The average molecular weight is 723 g/mol. The fourth-order valence-corrected chi connectivity index (χ4v) is 10.5. The van der Waals surface area contributed by atoms with Crippen LogP contribution in [0.4, 0.5) is 0 Å². The molecule has 0 N–H and O–H groups in total. The zero-order valence-electron chi connectivity index (χ0n) is 32.0. The third-order valence-corrected chi connectivity index (χ3v) is 13.0. The minimum atomic E-state index is -0.183. The summed E-state index contributed by atoms with van der Waals surface area (Å²) in [6.45, 7) is 4.86. The maximum absolute atomic E-state index is 2.51. The van der Waals surface area contributed by atoms with Crippen LogP contribution < -0.4 is 0 Å². The fraction of sp³-hybridized carbons (Fsp3) is 0.0526. The average Bonchev–Trinajstić information content (AvgIpc) is 3.51. The van der Waals surface area contributed by atoms with Crippen LogP contribution in [-0.4, -0.2) is 0 Å². The van der Waals surface area contributed by atoms with Gasteiger partial charge in [0.25, 0.3) is 0 Å². The summed E-state index contributed by atoms with van der Waals surface area (Å²) in [6, 6.07) is 72.5. The zero-order chi connectivity index (χ0) is 37.8. The van der Waals surface area contributed by atoms with Gasteiger partial charge in [-0.1, -0.05) is 196 Å². The topological polar surface area (TPSA) is 0 Å². The fourth-order valence-electron chi connectivity index (χ4n) is 10.5. The van der Waals surface area contributed by atoms with E-state index < -0.39 is 0 Å². The summed E-state index contributed by atoms with van der Waals surface area (Å²) in [5.74, 6) is 0. The van der Waals surface area contributed by atoms with Crippen LogP contribution in [0.1, 0.15) is 25.0 Å². The molecule has 0 radical (unpaired) electrons. The Bertz CT molecular complexity index is 3410. The van der Waals surface area contributed by atoms with Crippen molar-refractivity contribution >= 4 is 64.6 Å². The van der Waals surface area contributed by atoms with E-state index in [9.17, 15) is 0 Å². The Balaban J connectivity index is 1.06. The van der Waals surface area contributed by atoms with Crippen LogP contribution in [0.2, 0.25) is 0 Å². The minimum Gasteiger partial charge on any atom is -0.0616 e. The molecule has 0 spiro atoms. The number of fused-ring (bicyclic) bond motifs is 13. The molecule has 57 heavy (non-hydrogen) atoms. The molecule has 11 aromatic carbocycles. The molecule has 0 atom stereocenters. The lowest BCUT2D eigenvalue weighted by molar-refractivity contribution is 0.667. The van der Waals surface area contributed by atoms with Crippen LogP contribution in [0.3, 0.4) is 0 Å². The summed E-state index contributed by atoms with van der Waals surface area (Å²) >= 11 is 0. The van der Waals surface area contributed by atoms with E-state index in [0.717, 1.165) is 0 Å². The minimum absolute atomic E-state index is 0.183. The SMILES string of the molecule is CC1(C)c2cc(-c3ccc(-c4c5ccccc5c(-c5ccc6ccccc6c5)c5ccccc45)cc3)c3ccccc3c2-c2c1c1ccccc1c1ccccc21. The molecule has 0 bridgehead atoms. The normalized spacial score (nSPS) is 13.2. The molecule has 0 aliphatic heterocycles. The van der Waals surface area contributed by atoms with Crippen LogP contribution in [0.15, 0.2) is 194 Å². The van der Waals surface area contributed by atoms with Crippen molar-refractivity contribution in [3.63, 3.8) is 0 Å². The van der Waals surface area contributed by atoms with Crippen molar-refractivity contribution in [1.29, 1.82) is 0 Å². The summed E-state index contributed by atoms with van der Waals surface area (Å²) in [5.41, 5.74) is 13.0. The largest absolute Gasteiger partial charge is 0.0616 e. The quantitative estimate of drug-likeness (QED) is 0.126. The molecule has 1 aliphatic carbocycles. The van der Waals surface area contributed by atoms with Crippen molar-refractivity contribution in [3.05, 3.63) is 205 Å². The second-order valence-corrected chi connectivity index (χ2v) is 16.3. The van der Waals surface area contributed by atoms with Crippen molar-refractivity contribution in [2.24, 2.45) is 0 Å². The van der Waals surface area contributed by atoms with E-state index in [0.29, 0.717) is 0 Å². The summed E-state index contributed by atoms with van der Waals surface area (Å²) in [4.78, 5) is 0. The van der Waals surface area contributed by atoms with E-state index in [2.05, 4.69) is 208 Å². The van der Waals surface area contributed by atoms with Gasteiger partial charge in [-0.2, -0.15) is 0 Å². The maximum atomic E-state index is 2.51. The number of benzene rings is 11. The van der Waals surface area contributed by atoms with E-state index in [1.165, 1.54) is 120 Å². The van der Waals surface area contributed by atoms with Crippen LogP contribution in [0.25, 0.3) is 109 Å². The van der Waals surface area contributed by atoms with Gasteiger partial charge >= 0.3 is 0 Å². The molecule has 0 heterocycles. The van der Waals surface area contributed by atoms with Crippen LogP contribution in [0.5, 0.6) is 0 Å². The first-order valence-corrected chi connectivity index (χ1v) is 20.1. The van der Waals surface area contributed by atoms with E-state index in [1.807, 2.05) is 0 Å². The molecule has 0 fully saturated rings. The van der Waals surface area contributed by atoms with Crippen molar-refractivity contribution in [3.8, 4) is 44.5 Å². The van der Waals surface area contributed by atoms with Gasteiger partial charge < -0.3 is 0 Å². The Kier molecular flexibility index (Phi) is 6.78. The highest BCUT2D eigenvalue weighted by atomic mass is 14.4. The van der Waals surface area contributed by atoms with Gasteiger partial charge in [-0.25, -0.2) is 0 Å². The van der Waals surface area contributed by atoms with Gasteiger partial charge in [0.1, 0.15) is 0 Å². The molecule has 0 saturated heterocycles. The lowest BCUT2D eigenvalue weighted by Crippen LogP contribution is -2.16. The Morgan fingerprint density at radius 1 is 0.281 bits per heavy atom. The Labute approximate surface area is 332 Å². The molecule has 266 valence electrons. The van der Waals surface area contributed by atoms with Gasteiger partial charge in [-0.3, -0.25) is 0 Å². The first-order chi connectivity index (χ1) is 28.1. The van der Waals surface area contributed by atoms with Crippen molar-refractivity contribution in [2.45, 2.75) is 19.3 Å². The molecule has 0 saturated carbocycles. The van der Waals surface area contributed by atoms with E-state index in [-0.39, 0.29) is 5.41 Å². The van der Waals surface area contributed by atoms with Gasteiger partial charge in [0.15, 0.2) is 0 Å². The monoisotopic (exact) mass is 722 g/mol. The van der Waals surface area contributed by atoms with Gasteiger partial charge in [0.2, 0.25) is 0 Å².